The molecule has 0 aliphatic heterocycles. The van der Waals surface area contributed by atoms with E-state index in [1.807, 2.05) is 43.3 Å². The van der Waals surface area contributed by atoms with Crippen LogP contribution in [-0.4, -0.2) is 43.7 Å². The molecule has 1 heterocycles. The number of nitrogens with one attached hydrogen (secondary N) is 1. The Kier molecular flexibility index (Phi) is 5.52. The van der Waals surface area contributed by atoms with Crippen LogP contribution in [0.5, 0.6) is 0 Å². The molecule has 0 saturated carbocycles. The molecule has 0 fully saturated rings. The third kappa shape index (κ3) is 3.98. The maximum absolute atomic E-state index is 11.7. The van der Waals surface area contributed by atoms with Crippen LogP contribution in [0, 0.1) is 0 Å². The van der Waals surface area contributed by atoms with Crippen LogP contribution in [0.3, 0.4) is 0 Å². The van der Waals surface area contributed by atoms with E-state index in [1.165, 1.54) is 6.33 Å². The Morgan fingerprint density at radius 3 is 2.70 bits per heavy atom. The minimum absolute atomic E-state index is 0.120. The predicted octanol–water partition coefficient (Wildman–Crippen LogP) is 2.59. The van der Waals surface area contributed by atoms with Crippen molar-refractivity contribution >= 4 is 28.3 Å². The third-order valence-electron chi connectivity index (χ3n) is 4.36. The summed E-state index contributed by atoms with van der Waals surface area (Å²) in [6.45, 7) is 0.456. The van der Waals surface area contributed by atoms with Crippen molar-refractivity contribution in [1.29, 1.82) is 0 Å². The highest BCUT2D eigenvalue weighted by Crippen LogP contribution is 2.27. The van der Waals surface area contributed by atoms with Crippen LogP contribution in [0.1, 0.15) is 22.0 Å². The van der Waals surface area contributed by atoms with Gasteiger partial charge in [-0.05, 0) is 29.8 Å². The molecule has 0 saturated heterocycles. The number of methoxy groups -OCH3 is 1. The number of hydrogen-bond donors (Lipinski definition) is 2. The SMILES string of the molecule is COCC(Nc1ncnc2c(C(N)=O)cccc12)c1cccc(N(C)C)c1. The van der Waals surface area contributed by atoms with Gasteiger partial charge in [0.25, 0.3) is 5.91 Å². The molecule has 1 aromatic heterocycles. The van der Waals surface area contributed by atoms with Gasteiger partial charge in [0, 0.05) is 32.3 Å². The number of rotatable bonds is 7. The lowest BCUT2D eigenvalue weighted by molar-refractivity contribution is 0.100. The number of para-hydroxylation sites is 1. The number of carbonyl (C=O) groups excluding carboxylic acids is 1. The highest BCUT2D eigenvalue weighted by atomic mass is 16.5. The largest absolute Gasteiger partial charge is 0.382 e. The number of benzene rings is 2. The van der Waals surface area contributed by atoms with E-state index >= 15 is 0 Å². The molecule has 1 atom stereocenters. The van der Waals surface area contributed by atoms with E-state index in [4.69, 9.17) is 10.5 Å². The first kappa shape index (κ1) is 18.6. The first-order chi connectivity index (χ1) is 13.0. The van der Waals surface area contributed by atoms with Crippen molar-refractivity contribution in [2.24, 2.45) is 5.73 Å². The molecular weight excluding hydrogens is 342 g/mol. The Bertz CT molecular complexity index is 958. The summed E-state index contributed by atoms with van der Waals surface area (Å²) in [6, 6.07) is 13.4. The molecule has 27 heavy (non-hydrogen) atoms. The fourth-order valence-corrected chi connectivity index (χ4v) is 2.97. The van der Waals surface area contributed by atoms with E-state index < -0.39 is 5.91 Å². The van der Waals surface area contributed by atoms with Gasteiger partial charge in [-0.2, -0.15) is 0 Å². The van der Waals surface area contributed by atoms with Gasteiger partial charge in [0.05, 0.1) is 23.7 Å². The lowest BCUT2D eigenvalue weighted by atomic mass is 10.1. The number of ether oxygens (including phenoxy) is 1. The van der Waals surface area contributed by atoms with Gasteiger partial charge in [-0.3, -0.25) is 4.79 Å². The van der Waals surface area contributed by atoms with Crippen molar-refractivity contribution in [3.8, 4) is 0 Å². The molecule has 0 aliphatic carbocycles. The van der Waals surface area contributed by atoms with Gasteiger partial charge in [-0.25, -0.2) is 9.97 Å². The second-order valence-electron chi connectivity index (χ2n) is 6.43. The molecule has 0 spiro atoms. The molecule has 1 unspecified atom stereocenters. The van der Waals surface area contributed by atoms with Crippen molar-refractivity contribution in [2.75, 3.05) is 38.0 Å². The van der Waals surface area contributed by atoms with Crippen LogP contribution in [0.15, 0.2) is 48.8 Å². The normalized spacial score (nSPS) is 12.0. The molecule has 0 radical (unpaired) electrons. The number of fused-ring (bicyclic) bond motifs is 1. The molecule has 7 heteroatoms. The van der Waals surface area contributed by atoms with Gasteiger partial charge in [0.1, 0.15) is 12.1 Å². The predicted molar refractivity (Wildman–Crippen MR) is 107 cm³/mol. The van der Waals surface area contributed by atoms with Crippen molar-refractivity contribution < 1.29 is 9.53 Å². The second-order valence-corrected chi connectivity index (χ2v) is 6.43. The van der Waals surface area contributed by atoms with Crippen LogP contribution < -0.4 is 16.0 Å². The Morgan fingerprint density at radius 2 is 2.00 bits per heavy atom. The van der Waals surface area contributed by atoms with Crippen LogP contribution in [0.2, 0.25) is 0 Å². The van der Waals surface area contributed by atoms with Gasteiger partial charge in [-0.15, -0.1) is 0 Å². The third-order valence-corrected chi connectivity index (χ3v) is 4.36. The standard InChI is InChI=1S/C20H23N5O2/c1-25(2)14-7-4-6-13(10-14)17(11-27-3)24-20-16-9-5-8-15(19(21)26)18(16)22-12-23-20/h4-10,12,17H,11H2,1-3H3,(H2,21,26)(H,22,23,24). The zero-order chi connectivity index (χ0) is 19.4. The van der Waals surface area contributed by atoms with Crippen molar-refractivity contribution in [3.63, 3.8) is 0 Å². The Hall–Kier alpha value is -3.19. The molecule has 0 bridgehead atoms. The summed E-state index contributed by atoms with van der Waals surface area (Å²) in [6.07, 6.45) is 1.43. The van der Waals surface area contributed by atoms with Crippen LogP contribution >= 0.6 is 0 Å². The summed E-state index contributed by atoms with van der Waals surface area (Å²) in [5.41, 5.74) is 8.54. The lowest BCUT2D eigenvalue weighted by Gasteiger charge is -2.22. The van der Waals surface area contributed by atoms with Crippen LogP contribution in [0.25, 0.3) is 10.9 Å². The number of nitrogens with zero attached hydrogens (tertiary/aromatic N) is 3. The first-order valence-electron chi connectivity index (χ1n) is 8.57. The summed E-state index contributed by atoms with van der Waals surface area (Å²) in [5.74, 6) is 0.109. The average molecular weight is 365 g/mol. The Balaban J connectivity index is 2.02. The first-order valence-corrected chi connectivity index (χ1v) is 8.57. The quantitative estimate of drug-likeness (QED) is 0.668. The molecule has 3 rings (SSSR count). The van der Waals surface area contributed by atoms with Crippen molar-refractivity contribution in [2.45, 2.75) is 6.04 Å². The van der Waals surface area contributed by atoms with Gasteiger partial charge in [0.15, 0.2) is 0 Å². The number of primary amides is 1. The molecule has 7 nitrogen and oxygen atoms in total. The van der Waals surface area contributed by atoms with Gasteiger partial charge < -0.3 is 20.7 Å². The smallest absolute Gasteiger partial charge is 0.250 e. The Morgan fingerprint density at radius 1 is 1.22 bits per heavy atom. The van der Waals surface area contributed by atoms with E-state index in [1.54, 1.807) is 19.2 Å². The summed E-state index contributed by atoms with van der Waals surface area (Å²) < 4.78 is 5.41. The number of aromatic nitrogens is 2. The summed E-state index contributed by atoms with van der Waals surface area (Å²) in [4.78, 5) is 22.3. The molecule has 2 aromatic carbocycles. The van der Waals surface area contributed by atoms with Gasteiger partial charge in [0.2, 0.25) is 0 Å². The van der Waals surface area contributed by atoms with E-state index in [2.05, 4.69) is 21.4 Å². The molecule has 140 valence electrons. The fraction of sp³-hybridized carbons (Fsp3) is 0.250. The minimum atomic E-state index is -0.516. The maximum atomic E-state index is 11.7. The number of carbonyl (C=O) groups is 1. The van der Waals surface area contributed by atoms with Gasteiger partial charge in [-0.1, -0.05) is 18.2 Å². The molecule has 3 N–H and O–H groups in total. The lowest BCUT2D eigenvalue weighted by Crippen LogP contribution is -2.18. The number of anilines is 2. The molecule has 0 aliphatic rings. The maximum Gasteiger partial charge on any atom is 0.250 e. The molecule has 1 amide bonds. The number of nitrogens with two attached hydrogens (primary N) is 1. The monoisotopic (exact) mass is 365 g/mol. The van der Waals surface area contributed by atoms with Crippen LogP contribution in [-0.2, 0) is 4.74 Å². The van der Waals surface area contributed by atoms with E-state index in [9.17, 15) is 4.79 Å². The molecule has 3 aromatic rings. The highest BCUT2D eigenvalue weighted by molar-refractivity contribution is 6.06. The second kappa shape index (κ2) is 8.01. The summed E-state index contributed by atoms with van der Waals surface area (Å²) >= 11 is 0. The average Bonchev–Trinajstić information content (AvgIpc) is 2.67. The van der Waals surface area contributed by atoms with Gasteiger partial charge >= 0.3 is 0 Å². The number of amides is 1. The van der Waals surface area contributed by atoms with E-state index in [-0.39, 0.29) is 6.04 Å². The van der Waals surface area contributed by atoms with Crippen LogP contribution in [0.4, 0.5) is 11.5 Å². The highest BCUT2D eigenvalue weighted by Gasteiger charge is 2.16. The zero-order valence-electron chi connectivity index (χ0n) is 15.6. The number of hydrogen-bond acceptors (Lipinski definition) is 6. The summed E-state index contributed by atoms with van der Waals surface area (Å²) in [5, 5.41) is 4.16. The van der Waals surface area contributed by atoms with E-state index in [0.717, 1.165) is 16.6 Å². The summed E-state index contributed by atoms with van der Waals surface area (Å²) in [7, 11) is 5.66. The minimum Gasteiger partial charge on any atom is -0.382 e. The zero-order valence-corrected chi connectivity index (χ0v) is 15.6. The van der Waals surface area contributed by atoms with E-state index in [0.29, 0.717) is 23.5 Å². The van der Waals surface area contributed by atoms with Crippen molar-refractivity contribution in [3.05, 3.63) is 59.9 Å². The fourth-order valence-electron chi connectivity index (χ4n) is 2.97. The topological polar surface area (TPSA) is 93.4 Å². The van der Waals surface area contributed by atoms with Crippen molar-refractivity contribution in [1.82, 2.24) is 9.97 Å². The molecular formula is C20H23N5O2. The Labute approximate surface area is 158 Å².